The second kappa shape index (κ2) is 6.16. The van der Waals surface area contributed by atoms with E-state index in [2.05, 4.69) is 10.3 Å². The number of hydrogen-bond acceptors (Lipinski definition) is 3. The third-order valence-corrected chi connectivity index (χ3v) is 4.53. The molecule has 0 saturated heterocycles. The summed E-state index contributed by atoms with van der Waals surface area (Å²) >= 11 is 0. The Labute approximate surface area is 146 Å². The summed E-state index contributed by atoms with van der Waals surface area (Å²) in [6.45, 7) is 5.00. The average Bonchev–Trinajstić information content (AvgIpc) is 2.97. The Morgan fingerprint density at radius 2 is 1.88 bits per heavy atom. The van der Waals surface area contributed by atoms with Gasteiger partial charge in [-0.3, -0.25) is 4.79 Å². The van der Waals surface area contributed by atoms with Crippen LogP contribution in [-0.4, -0.2) is 24.1 Å². The van der Waals surface area contributed by atoms with E-state index in [0.29, 0.717) is 18.8 Å². The lowest BCUT2D eigenvalue weighted by Gasteiger charge is -2.21. The SMILES string of the molecule is Cc1[nH]c2ccccc2c1C(=O)NC(C)c1ccc2c(c1)OCCO2. The molecule has 1 aromatic heterocycles. The van der Waals surface area contributed by atoms with Gasteiger partial charge in [-0.2, -0.15) is 0 Å². The van der Waals surface area contributed by atoms with E-state index in [4.69, 9.17) is 9.47 Å². The molecule has 5 heteroatoms. The van der Waals surface area contributed by atoms with Crippen LogP contribution in [-0.2, 0) is 0 Å². The predicted octanol–water partition coefficient (Wildman–Crippen LogP) is 3.74. The molecule has 0 bridgehead atoms. The maximum atomic E-state index is 12.8. The van der Waals surface area contributed by atoms with Gasteiger partial charge in [-0.15, -0.1) is 0 Å². The molecule has 2 N–H and O–H groups in total. The molecule has 25 heavy (non-hydrogen) atoms. The van der Waals surface area contributed by atoms with E-state index in [0.717, 1.165) is 33.7 Å². The molecule has 5 nitrogen and oxygen atoms in total. The molecule has 1 atom stereocenters. The summed E-state index contributed by atoms with van der Waals surface area (Å²) in [7, 11) is 0. The third kappa shape index (κ3) is 2.82. The quantitative estimate of drug-likeness (QED) is 0.766. The summed E-state index contributed by atoms with van der Waals surface area (Å²) in [5, 5.41) is 4.02. The van der Waals surface area contributed by atoms with Crippen LogP contribution in [0.5, 0.6) is 11.5 Å². The number of carbonyl (C=O) groups is 1. The molecule has 1 aliphatic rings. The van der Waals surface area contributed by atoms with Crippen LogP contribution in [0.2, 0.25) is 0 Å². The van der Waals surface area contributed by atoms with Gasteiger partial charge in [-0.25, -0.2) is 0 Å². The summed E-state index contributed by atoms with van der Waals surface area (Å²) in [6, 6.07) is 13.5. The minimum absolute atomic E-state index is 0.0858. The monoisotopic (exact) mass is 336 g/mol. The highest BCUT2D eigenvalue weighted by molar-refractivity contribution is 6.08. The van der Waals surface area contributed by atoms with Crippen molar-refractivity contribution in [2.45, 2.75) is 19.9 Å². The number of aromatic nitrogens is 1. The maximum Gasteiger partial charge on any atom is 0.254 e. The van der Waals surface area contributed by atoms with Gasteiger partial charge >= 0.3 is 0 Å². The van der Waals surface area contributed by atoms with E-state index in [-0.39, 0.29) is 11.9 Å². The molecular weight excluding hydrogens is 316 g/mol. The first kappa shape index (κ1) is 15.6. The fraction of sp³-hybridized carbons (Fsp3) is 0.250. The van der Waals surface area contributed by atoms with Crippen LogP contribution in [0.25, 0.3) is 10.9 Å². The van der Waals surface area contributed by atoms with E-state index < -0.39 is 0 Å². The van der Waals surface area contributed by atoms with Crippen molar-refractivity contribution >= 4 is 16.8 Å². The topological polar surface area (TPSA) is 63.4 Å². The van der Waals surface area contributed by atoms with Gasteiger partial charge in [0.25, 0.3) is 5.91 Å². The number of carbonyl (C=O) groups excluding carboxylic acids is 1. The van der Waals surface area contributed by atoms with Crippen molar-refractivity contribution in [3.63, 3.8) is 0 Å². The second-order valence-corrected chi connectivity index (χ2v) is 6.27. The van der Waals surface area contributed by atoms with Crippen LogP contribution < -0.4 is 14.8 Å². The summed E-state index contributed by atoms with van der Waals surface area (Å²) in [6.07, 6.45) is 0. The van der Waals surface area contributed by atoms with Gasteiger partial charge in [-0.1, -0.05) is 24.3 Å². The molecule has 1 unspecified atom stereocenters. The van der Waals surface area contributed by atoms with Crippen LogP contribution in [0.1, 0.15) is 34.6 Å². The van der Waals surface area contributed by atoms with Crippen molar-refractivity contribution in [1.82, 2.24) is 10.3 Å². The maximum absolute atomic E-state index is 12.8. The Morgan fingerprint density at radius 3 is 2.72 bits per heavy atom. The number of H-pyrrole nitrogens is 1. The summed E-state index contributed by atoms with van der Waals surface area (Å²) in [5.74, 6) is 1.39. The Hall–Kier alpha value is -2.95. The second-order valence-electron chi connectivity index (χ2n) is 6.27. The first-order valence-corrected chi connectivity index (χ1v) is 8.41. The number of hydrogen-bond donors (Lipinski definition) is 2. The number of fused-ring (bicyclic) bond motifs is 2. The van der Waals surface area contributed by atoms with Crippen molar-refractivity contribution in [3.8, 4) is 11.5 Å². The number of ether oxygens (including phenoxy) is 2. The minimum Gasteiger partial charge on any atom is -0.486 e. The first-order valence-electron chi connectivity index (χ1n) is 8.41. The minimum atomic E-state index is -0.142. The molecule has 0 radical (unpaired) electrons. The average molecular weight is 336 g/mol. The van der Waals surface area contributed by atoms with Gasteiger partial charge in [-0.05, 0) is 37.6 Å². The molecule has 1 amide bonds. The lowest BCUT2D eigenvalue weighted by Crippen LogP contribution is -2.27. The highest BCUT2D eigenvalue weighted by Crippen LogP contribution is 2.32. The normalized spacial score (nSPS) is 14.3. The molecule has 2 heterocycles. The molecule has 1 aliphatic heterocycles. The zero-order chi connectivity index (χ0) is 17.4. The van der Waals surface area contributed by atoms with Crippen LogP contribution in [0.3, 0.4) is 0 Å². The van der Waals surface area contributed by atoms with Crippen molar-refractivity contribution in [1.29, 1.82) is 0 Å². The van der Waals surface area contributed by atoms with Gasteiger partial charge < -0.3 is 19.8 Å². The van der Waals surface area contributed by atoms with Gasteiger partial charge in [0.05, 0.1) is 11.6 Å². The van der Waals surface area contributed by atoms with E-state index in [9.17, 15) is 4.79 Å². The standard InChI is InChI=1S/C20H20N2O3/c1-12(14-7-8-17-18(11-14)25-10-9-24-17)22-20(23)19-13(2)21-16-6-4-3-5-15(16)19/h3-8,11-12,21H,9-10H2,1-2H3,(H,22,23). The Balaban J connectivity index is 1.59. The summed E-state index contributed by atoms with van der Waals surface area (Å²) in [4.78, 5) is 16.1. The number of rotatable bonds is 3. The molecule has 4 rings (SSSR count). The largest absolute Gasteiger partial charge is 0.486 e. The zero-order valence-corrected chi connectivity index (χ0v) is 14.3. The molecule has 0 fully saturated rings. The van der Waals surface area contributed by atoms with E-state index in [1.165, 1.54) is 0 Å². The smallest absolute Gasteiger partial charge is 0.254 e. The van der Waals surface area contributed by atoms with Crippen LogP contribution in [0.4, 0.5) is 0 Å². The highest BCUT2D eigenvalue weighted by Gasteiger charge is 2.19. The Morgan fingerprint density at radius 1 is 1.12 bits per heavy atom. The summed E-state index contributed by atoms with van der Waals surface area (Å²) < 4.78 is 11.2. The molecule has 3 aromatic rings. The lowest BCUT2D eigenvalue weighted by molar-refractivity contribution is 0.0941. The molecule has 0 spiro atoms. The first-order chi connectivity index (χ1) is 12.1. The number of aromatic amines is 1. The van der Waals surface area contributed by atoms with E-state index in [1.807, 2.05) is 56.3 Å². The fourth-order valence-corrected chi connectivity index (χ4v) is 3.25. The van der Waals surface area contributed by atoms with Gasteiger partial charge in [0.15, 0.2) is 11.5 Å². The van der Waals surface area contributed by atoms with E-state index >= 15 is 0 Å². The molecular formula is C20H20N2O3. The Bertz CT molecular complexity index is 945. The van der Waals surface area contributed by atoms with Gasteiger partial charge in [0.2, 0.25) is 0 Å². The van der Waals surface area contributed by atoms with Crippen LogP contribution >= 0.6 is 0 Å². The van der Waals surface area contributed by atoms with Crippen LogP contribution in [0.15, 0.2) is 42.5 Å². The molecule has 0 saturated carbocycles. The van der Waals surface area contributed by atoms with Crippen molar-refractivity contribution in [2.75, 3.05) is 13.2 Å². The zero-order valence-electron chi connectivity index (χ0n) is 14.3. The van der Waals surface area contributed by atoms with Crippen molar-refractivity contribution in [2.24, 2.45) is 0 Å². The lowest BCUT2D eigenvalue weighted by atomic mass is 10.1. The summed E-state index contributed by atoms with van der Waals surface area (Å²) in [5.41, 5.74) is 3.51. The van der Waals surface area contributed by atoms with E-state index in [1.54, 1.807) is 0 Å². The number of benzene rings is 2. The predicted molar refractivity (Wildman–Crippen MR) is 96.3 cm³/mol. The Kier molecular flexibility index (Phi) is 3.84. The number of amides is 1. The molecule has 0 aliphatic carbocycles. The van der Waals surface area contributed by atoms with Crippen LogP contribution in [0, 0.1) is 6.92 Å². The van der Waals surface area contributed by atoms with Gasteiger partial charge in [0.1, 0.15) is 13.2 Å². The van der Waals surface area contributed by atoms with Gasteiger partial charge in [0, 0.05) is 16.6 Å². The number of nitrogens with one attached hydrogen (secondary N) is 2. The molecule has 128 valence electrons. The number of aryl methyl sites for hydroxylation is 1. The molecule has 2 aromatic carbocycles. The fourth-order valence-electron chi connectivity index (χ4n) is 3.25. The van der Waals surface area contributed by atoms with Crippen molar-refractivity contribution < 1.29 is 14.3 Å². The van der Waals surface area contributed by atoms with Crippen molar-refractivity contribution in [3.05, 3.63) is 59.3 Å². The number of para-hydroxylation sites is 1. The highest BCUT2D eigenvalue weighted by atomic mass is 16.6. The third-order valence-electron chi connectivity index (χ3n) is 4.53.